The normalized spacial score (nSPS) is 10.8. The Morgan fingerprint density at radius 1 is 1.20 bits per heavy atom. The number of aryl methyl sites for hydroxylation is 3. The summed E-state index contributed by atoms with van der Waals surface area (Å²) >= 11 is 0. The molecule has 0 spiro atoms. The average Bonchev–Trinajstić information content (AvgIpc) is 2.95. The van der Waals surface area contributed by atoms with Crippen LogP contribution in [0.15, 0.2) is 24.3 Å². The molecule has 7 heteroatoms. The van der Waals surface area contributed by atoms with Crippen molar-refractivity contribution in [2.24, 2.45) is 0 Å². The fourth-order valence-corrected chi connectivity index (χ4v) is 2.69. The van der Waals surface area contributed by atoms with Crippen LogP contribution in [-0.2, 0) is 17.8 Å². The van der Waals surface area contributed by atoms with E-state index in [1.807, 2.05) is 38.1 Å². The fraction of sp³-hybridized carbons (Fsp3) is 0.333. The Kier molecular flexibility index (Phi) is 4.92. The lowest BCUT2D eigenvalue weighted by atomic mass is 10.2. The van der Waals surface area contributed by atoms with Gasteiger partial charge >= 0.3 is 0 Å². The number of nitrogens with one attached hydrogen (secondary N) is 2. The molecular weight excluding hydrogens is 318 g/mol. The number of methoxy groups -OCH3 is 1. The van der Waals surface area contributed by atoms with E-state index in [1.165, 1.54) is 0 Å². The van der Waals surface area contributed by atoms with Crippen LogP contribution in [0, 0.1) is 13.8 Å². The molecule has 2 aromatic heterocycles. The van der Waals surface area contributed by atoms with E-state index < -0.39 is 0 Å². The van der Waals surface area contributed by atoms with Crippen molar-refractivity contribution in [3.63, 3.8) is 0 Å². The van der Waals surface area contributed by atoms with Gasteiger partial charge in [-0.1, -0.05) is 12.1 Å². The van der Waals surface area contributed by atoms with Gasteiger partial charge in [0.25, 0.3) is 0 Å². The molecule has 25 heavy (non-hydrogen) atoms. The second-order valence-electron chi connectivity index (χ2n) is 5.86. The minimum Gasteiger partial charge on any atom is -0.480 e. The van der Waals surface area contributed by atoms with Gasteiger partial charge < -0.3 is 10.1 Å². The van der Waals surface area contributed by atoms with E-state index in [2.05, 4.69) is 25.5 Å². The van der Waals surface area contributed by atoms with Gasteiger partial charge in [0.15, 0.2) is 0 Å². The summed E-state index contributed by atoms with van der Waals surface area (Å²) in [6.45, 7) is 4.32. The second kappa shape index (κ2) is 7.29. The number of H-pyrrole nitrogens is 1. The van der Waals surface area contributed by atoms with Gasteiger partial charge in [0, 0.05) is 30.6 Å². The van der Waals surface area contributed by atoms with E-state index in [4.69, 9.17) is 4.74 Å². The number of rotatable bonds is 6. The summed E-state index contributed by atoms with van der Waals surface area (Å²) in [6, 6.07) is 7.60. The van der Waals surface area contributed by atoms with Gasteiger partial charge in [0.1, 0.15) is 5.69 Å². The van der Waals surface area contributed by atoms with E-state index in [-0.39, 0.29) is 5.91 Å². The summed E-state index contributed by atoms with van der Waals surface area (Å²) in [7, 11) is 1.56. The third kappa shape index (κ3) is 3.76. The van der Waals surface area contributed by atoms with Gasteiger partial charge in [-0.25, -0.2) is 9.97 Å². The van der Waals surface area contributed by atoms with Gasteiger partial charge in [-0.3, -0.25) is 9.89 Å². The molecule has 0 atom stereocenters. The highest BCUT2D eigenvalue weighted by molar-refractivity contribution is 5.77. The molecule has 130 valence electrons. The van der Waals surface area contributed by atoms with Gasteiger partial charge in [-0.15, -0.1) is 0 Å². The van der Waals surface area contributed by atoms with E-state index in [0.29, 0.717) is 31.0 Å². The molecule has 0 unspecified atom stereocenters. The lowest BCUT2D eigenvalue weighted by Gasteiger charge is -2.09. The summed E-state index contributed by atoms with van der Waals surface area (Å²) in [4.78, 5) is 21.2. The Hall–Kier alpha value is -2.96. The lowest BCUT2D eigenvalue weighted by molar-refractivity contribution is -0.121. The molecule has 1 amide bonds. The number of ether oxygens (including phenoxy) is 1. The zero-order valence-corrected chi connectivity index (χ0v) is 14.6. The molecule has 0 fully saturated rings. The number of benzene rings is 1. The molecule has 3 rings (SSSR count). The maximum absolute atomic E-state index is 12.2. The summed E-state index contributed by atoms with van der Waals surface area (Å²) < 4.78 is 5.32. The van der Waals surface area contributed by atoms with Crippen molar-refractivity contribution in [3.05, 3.63) is 46.9 Å². The van der Waals surface area contributed by atoms with Crippen LogP contribution in [0.25, 0.3) is 11.0 Å². The van der Waals surface area contributed by atoms with E-state index >= 15 is 0 Å². The highest BCUT2D eigenvalue weighted by Crippen LogP contribution is 2.19. The third-order valence-corrected chi connectivity index (χ3v) is 4.13. The minimum absolute atomic E-state index is 0.0444. The molecule has 0 aliphatic rings. The number of para-hydroxylation sites is 2. The van der Waals surface area contributed by atoms with Crippen LogP contribution >= 0.6 is 0 Å². The first-order chi connectivity index (χ1) is 12.1. The number of amides is 1. The van der Waals surface area contributed by atoms with Crippen molar-refractivity contribution in [1.82, 2.24) is 25.5 Å². The molecule has 3 aromatic rings. The molecule has 0 aliphatic carbocycles. The topological polar surface area (TPSA) is 92.8 Å². The predicted octanol–water partition coefficient (Wildman–Crippen LogP) is 2.23. The SMILES string of the molecule is COc1nc2ccccc2nc1CCC(=O)NCc1c(C)n[nH]c1C. The quantitative estimate of drug-likeness (QED) is 0.718. The highest BCUT2D eigenvalue weighted by atomic mass is 16.5. The standard InChI is InChI=1S/C18H21N5O2/c1-11-13(12(2)23-22-11)10-19-17(24)9-8-16-18(25-3)21-15-7-5-4-6-14(15)20-16/h4-7H,8-10H2,1-3H3,(H,19,24)(H,22,23). The number of nitrogens with zero attached hydrogens (tertiary/aromatic N) is 3. The number of aromatic nitrogens is 4. The van der Waals surface area contributed by atoms with E-state index in [9.17, 15) is 4.79 Å². The Labute approximate surface area is 145 Å². The van der Waals surface area contributed by atoms with Gasteiger partial charge in [0.05, 0.1) is 23.8 Å². The van der Waals surface area contributed by atoms with Crippen molar-refractivity contribution in [3.8, 4) is 5.88 Å². The Bertz CT molecular complexity index is 884. The van der Waals surface area contributed by atoms with Gasteiger partial charge in [-0.05, 0) is 26.0 Å². The molecular formula is C18H21N5O2. The van der Waals surface area contributed by atoms with Crippen LogP contribution < -0.4 is 10.1 Å². The Morgan fingerprint density at radius 3 is 2.56 bits per heavy atom. The zero-order valence-electron chi connectivity index (χ0n) is 14.6. The average molecular weight is 339 g/mol. The number of hydrogen-bond acceptors (Lipinski definition) is 5. The van der Waals surface area contributed by atoms with Gasteiger partial charge in [0.2, 0.25) is 11.8 Å². The minimum atomic E-state index is -0.0444. The van der Waals surface area contributed by atoms with E-state index in [1.54, 1.807) is 7.11 Å². The summed E-state index contributed by atoms with van der Waals surface area (Å²) in [6.07, 6.45) is 0.787. The van der Waals surface area contributed by atoms with Crippen LogP contribution in [0.4, 0.5) is 0 Å². The molecule has 7 nitrogen and oxygen atoms in total. The van der Waals surface area contributed by atoms with Crippen molar-refractivity contribution in [2.45, 2.75) is 33.2 Å². The molecule has 1 aromatic carbocycles. The molecule has 2 N–H and O–H groups in total. The van der Waals surface area contributed by atoms with Crippen molar-refractivity contribution in [1.29, 1.82) is 0 Å². The second-order valence-corrected chi connectivity index (χ2v) is 5.86. The van der Waals surface area contributed by atoms with Crippen molar-refractivity contribution in [2.75, 3.05) is 7.11 Å². The molecule has 2 heterocycles. The maximum atomic E-state index is 12.2. The van der Waals surface area contributed by atoms with Crippen LogP contribution in [0.1, 0.15) is 29.1 Å². The largest absolute Gasteiger partial charge is 0.480 e. The molecule has 0 radical (unpaired) electrons. The number of carbonyl (C=O) groups is 1. The van der Waals surface area contributed by atoms with Crippen LogP contribution in [0.3, 0.4) is 0 Å². The number of carbonyl (C=O) groups excluding carboxylic acids is 1. The number of hydrogen-bond donors (Lipinski definition) is 2. The van der Waals surface area contributed by atoms with Gasteiger partial charge in [-0.2, -0.15) is 5.10 Å². The van der Waals surface area contributed by atoms with Crippen LogP contribution in [0.2, 0.25) is 0 Å². The van der Waals surface area contributed by atoms with Crippen LogP contribution in [0.5, 0.6) is 5.88 Å². The van der Waals surface area contributed by atoms with Crippen molar-refractivity contribution < 1.29 is 9.53 Å². The summed E-state index contributed by atoms with van der Waals surface area (Å²) in [5.41, 5.74) is 5.16. The number of fused-ring (bicyclic) bond motifs is 1. The first-order valence-electron chi connectivity index (χ1n) is 8.15. The first kappa shape index (κ1) is 16.9. The summed E-state index contributed by atoms with van der Waals surface area (Å²) in [5.74, 6) is 0.421. The zero-order chi connectivity index (χ0) is 17.8. The fourth-order valence-electron chi connectivity index (χ4n) is 2.69. The summed E-state index contributed by atoms with van der Waals surface area (Å²) in [5, 5.41) is 9.97. The lowest BCUT2D eigenvalue weighted by Crippen LogP contribution is -2.23. The van der Waals surface area contributed by atoms with E-state index in [0.717, 1.165) is 28.0 Å². The van der Waals surface area contributed by atoms with Crippen LogP contribution in [-0.4, -0.2) is 33.2 Å². The first-order valence-corrected chi connectivity index (χ1v) is 8.15. The Balaban J connectivity index is 1.64. The number of aromatic amines is 1. The smallest absolute Gasteiger partial charge is 0.235 e. The molecule has 0 saturated carbocycles. The predicted molar refractivity (Wildman–Crippen MR) is 94.3 cm³/mol. The molecule has 0 aliphatic heterocycles. The molecule has 0 saturated heterocycles. The third-order valence-electron chi connectivity index (χ3n) is 4.13. The highest BCUT2D eigenvalue weighted by Gasteiger charge is 2.12. The Morgan fingerprint density at radius 2 is 1.92 bits per heavy atom. The maximum Gasteiger partial charge on any atom is 0.235 e. The monoisotopic (exact) mass is 339 g/mol. The van der Waals surface area contributed by atoms with Crippen molar-refractivity contribution >= 4 is 16.9 Å². The molecule has 0 bridgehead atoms.